The molecule has 86 valence electrons. The normalized spacial score (nSPS) is 15.9. The van der Waals surface area contributed by atoms with Crippen LogP contribution in [-0.2, 0) is 0 Å². The molecule has 1 aromatic carbocycles. The topological polar surface area (TPSA) is 12.0 Å². The molecule has 0 aliphatic heterocycles. The van der Waals surface area contributed by atoms with Gasteiger partial charge >= 0.3 is 0 Å². The van der Waals surface area contributed by atoms with E-state index in [1.807, 2.05) is 18.2 Å². The molecule has 1 aromatic rings. The molecule has 3 heteroatoms. The van der Waals surface area contributed by atoms with Crippen LogP contribution < -0.4 is 5.32 Å². The van der Waals surface area contributed by atoms with E-state index in [9.17, 15) is 0 Å². The van der Waals surface area contributed by atoms with E-state index in [-0.39, 0.29) is 0 Å². The first-order valence-electron chi connectivity index (χ1n) is 5.60. The Kier molecular flexibility index (Phi) is 4.28. The van der Waals surface area contributed by atoms with Crippen molar-refractivity contribution in [2.24, 2.45) is 0 Å². The standard InChI is InChI=1S/C13H15Cl2N/c14-11-4-7-13(15)10(9-11)3-1-2-8-16-12-5-6-12/h1,3-4,7,9,12,16H,2,5-6,8H2. The average molecular weight is 256 g/mol. The van der Waals surface area contributed by atoms with Gasteiger partial charge in [0.05, 0.1) is 0 Å². The largest absolute Gasteiger partial charge is 0.314 e. The van der Waals surface area contributed by atoms with E-state index in [1.54, 1.807) is 6.07 Å². The molecule has 0 unspecified atom stereocenters. The molecule has 0 aromatic heterocycles. The van der Waals surface area contributed by atoms with Gasteiger partial charge in [0, 0.05) is 16.1 Å². The summed E-state index contributed by atoms with van der Waals surface area (Å²) in [7, 11) is 0. The van der Waals surface area contributed by atoms with Crippen molar-refractivity contribution in [3.05, 3.63) is 39.9 Å². The molecule has 1 saturated carbocycles. The zero-order chi connectivity index (χ0) is 11.4. The van der Waals surface area contributed by atoms with Gasteiger partial charge in [-0.2, -0.15) is 0 Å². The van der Waals surface area contributed by atoms with Gasteiger partial charge in [-0.15, -0.1) is 0 Å². The highest BCUT2D eigenvalue weighted by Gasteiger charge is 2.19. The molecule has 0 radical (unpaired) electrons. The third-order valence-electron chi connectivity index (χ3n) is 2.58. The molecule has 1 N–H and O–H groups in total. The zero-order valence-corrected chi connectivity index (χ0v) is 10.6. The summed E-state index contributed by atoms with van der Waals surface area (Å²) in [4.78, 5) is 0. The van der Waals surface area contributed by atoms with Gasteiger partial charge < -0.3 is 5.32 Å². The molecule has 1 fully saturated rings. The smallest absolute Gasteiger partial charge is 0.0479 e. The van der Waals surface area contributed by atoms with Crippen LogP contribution in [0.5, 0.6) is 0 Å². The quantitative estimate of drug-likeness (QED) is 0.780. The van der Waals surface area contributed by atoms with Crippen molar-refractivity contribution in [2.75, 3.05) is 6.54 Å². The highest BCUT2D eigenvalue weighted by atomic mass is 35.5. The van der Waals surface area contributed by atoms with Gasteiger partial charge in [-0.05, 0) is 49.6 Å². The van der Waals surface area contributed by atoms with Crippen LogP contribution in [0.4, 0.5) is 0 Å². The number of halogens is 2. The van der Waals surface area contributed by atoms with Gasteiger partial charge in [0.25, 0.3) is 0 Å². The fourth-order valence-electron chi connectivity index (χ4n) is 1.51. The maximum atomic E-state index is 6.04. The van der Waals surface area contributed by atoms with Crippen LogP contribution in [0.25, 0.3) is 6.08 Å². The summed E-state index contributed by atoms with van der Waals surface area (Å²) < 4.78 is 0. The van der Waals surface area contributed by atoms with E-state index in [0.717, 1.165) is 34.6 Å². The lowest BCUT2D eigenvalue weighted by atomic mass is 10.2. The Morgan fingerprint density at radius 2 is 2.12 bits per heavy atom. The summed E-state index contributed by atoms with van der Waals surface area (Å²) in [5.41, 5.74) is 0.987. The number of nitrogens with one attached hydrogen (secondary N) is 1. The summed E-state index contributed by atoms with van der Waals surface area (Å²) in [5.74, 6) is 0. The Hall–Kier alpha value is -0.500. The molecule has 0 saturated heterocycles. The van der Waals surface area contributed by atoms with E-state index in [1.165, 1.54) is 12.8 Å². The molecule has 16 heavy (non-hydrogen) atoms. The van der Waals surface area contributed by atoms with E-state index in [0.29, 0.717) is 0 Å². The minimum atomic E-state index is 0.722. The minimum Gasteiger partial charge on any atom is -0.314 e. The van der Waals surface area contributed by atoms with Crippen molar-refractivity contribution in [3.8, 4) is 0 Å². The lowest BCUT2D eigenvalue weighted by Crippen LogP contribution is -2.16. The maximum absolute atomic E-state index is 6.04. The van der Waals surface area contributed by atoms with E-state index in [2.05, 4.69) is 11.4 Å². The van der Waals surface area contributed by atoms with Crippen molar-refractivity contribution >= 4 is 29.3 Å². The Labute approximate surface area is 106 Å². The Balaban J connectivity index is 1.81. The van der Waals surface area contributed by atoms with Crippen molar-refractivity contribution in [2.45, 2.75) is 25.3 Å². The van der Waals surface area contributed by atoms with Crippen molar-refractivity contribution < 1.29 is 0 Å². The third kappa shape index (κ3) is 3.82. The molecule has 0 spiro atoms. The first kappa shape index (κ1) is 12.0. The first-order chi connectivity index (χ1) is 7.75. The predicted octanol–water partition coefficient (Wildman–Crippen LogP) is 4.15. The fourth-order valence-corrected chi connectivity index (χ4v) is 1.87. The van der Waals surface area contributed by atoms with Gasteiger partial charge in [-0.3, -0.25) is 0 Å². The highest BCUT2D eigenvalue weighted by Crippen LogP contribution is 2.22. The summed E-state index contributed by atoms with van der Waals surface area (Å²) in [5, 5.41) is 4.93. The Bertz CT molecular complexity index is 384. The van der Waals surface area contributed by atoms with Crippen LogP contribution in [0.15, 0.2) is 24.3 Å². The SMILES string of the molecule is Clc1ccc(Cl)c(C=CCCNC2CC2)c1. The van der Waals surface area contributed by atoms with E-state index >= 15 is 0 Å². The Morgan fingerprint density at radius 3 is 2.88 bits per heavy atom. The second kappa shape index (κ2) is 5.72. The van der Waals surface area contributed by atoms with Crippen LogP contribution >= 0.6 is 23.2 Å². The summed E-state index contributed by atoms with van der Waals surface area (Å²) in [6.45, 7) is 1.04. The molecule has 2 rings (SSSR count). The van der Waals surface area contributed by atoms with E-state index in [4.69, 9.17) is 23.2 Å². The number of hydrogen-bond acceptors (Lipinski definition) is 1. The molecule has 1 aliphatic carbocycles. The van der Waals surface area contributed by atoms with Crippen LogP contribution in [-0.4, -0.2) is 12.6 Å². The first-order valence-corrected chi connectivity index (χ1v) is 6.36. The monoisotopic (exact) mass is 255 g/mol. The second-order valence-corrected chi connectivity index (χ2v) is 4.93. The second-order valence-electron chi connectivity index (χ2n) is 4.09. The number of hydrogen-bond donors (Lipinski definition) is 1. The summed E-state index contributed by atoms with van der Waals surface area (Å²) in [6.07, 6.45) is 7.86. The maximum Gasteiger partial charge on any atom is 0.0479 e. The van der Waals surface area contributed by atoms with Crippen LogP contribution in [0.3, 0.4) is 0 Å². The molecular formula is C13H15Cl2N. The molecular weight excluding hydrogens is 241 g/mol. The van der Waals surface area contributed by atoms with Gasteiger partial charge in [0.15, 0.2) is 0 Å². The molecule has 0 heterocycles. The zero-order valence-electron chi connectivity index (χ0n) is 9.05. The van der Waals surface area contributed by atoms with Crippen molar-refractivity contribution in [1.29, 1.82) is 0 Å². The molecule has 0 atom stereocenters. The van der Waals surface area contributed by atoms with Crippen LogP contribution in [0.2, 0.25) is 10.0 Å². The molecule has 0 amide bonds. The summed E-state index contributed by atoms with van der Waals surface area (Å²) >= 11 is 11.9. The van der Waals surface area contributed by atoms with Crippen molar-refractivity contribution in [3.63, 3.8) is 0 Å². The molecule has 1 aliphatic rings. The van der Waals surface area contributed by atoms with Crippen LogP contribution in [0.1, 0.15) is 24.8 Å². The number of benzene rings is 1. The van der Waals surface area contributed by atoms with E-state index < -0.39 is 0 Å². The molecule has 1 nitrogen and oxygen atoms in total. The van der Waals surface area contributed by atoms with Gasteiger partial charge in [0.1, 0.15) is 0 Å². The average Bonchev–Trinajstić information content (AvgIpc) is 3.06. The lowest BCUT2D eigenvalue weighted by Gasteiger charge is -2.00. The van der Waals surface area contributed by atoms with Gasteiger partial charge in [-0.1, -0.05) is 35.4 Å². The van der Waals surface area contributed by atoms with Gasteiger partial charge in [-0.25, -0.2) is 0 Å². The fraction of sp³-hybridized carbons (Fsp3) is 0.385. The number of rotatable bonds is 5. The molecule has 0 bridgehead atoms. The Morgan fingerprint density at radius 1 is 1.31 bits per heavy atom. The minimum absolute atomic E-state index is 0.722. The van der Waals surface area contributed by atoms with Gasteiger partial charge in [0.2, 0.25) is 0 Å². The lowest BCUT2D eigenvalue weighted by molar-refractivity contribution is 0.691. The third-order valence-corrected chi connectivity index (χ3v) is 3.16. The highest BCUT2D eigenvalue weighted by molar-refractivity contribution is 6.34. The summed E-state index contributed by atoms with van der Waals surface area (Å²) in [6, 6.07) is 6.29. The van der Waals surface area contributed by atoms with Crippen LogP contribution in [0, 0.1) is 0 Å². The predicted molar refractivity (Wildman–Crippen MR) is 71.1 cm³/mol. The van der Waals surface area contributed by atoms with Crippen molar-refractivity contribution in [1.82, 2.24) is 5.32 Å².